The van der Waals surface area contributed by atoms with Gasteiger partial charge in [0.25, 0.3) is 5.91 Å². The van der Waals surface area contributed by atoms with Crippen molar-refractivity contribution in [2.75, 3.05) is 19.0 Å². The maximum absolute atomic E-state index is 13.4. The molecular formula is C16H13F2NO5. The van der Waals surface area contributed by atoms with Crippen molar-refractivity contribution in [2.45, 2.75) is 0 Å². The number of ether oxygens (including phenoxy) is 2. The molecule has 0 unspecified atom stereocenters. The largest absolute Gasteiger partial charge is 0.507 e. The van der Waals surface area contributed by atoms with Crippen LogP contribution in [0.4, 0.5) is 14.5 Å². The molecule has 1 amide bonds. The second-order valence-corrected chi connectivity index (χ2v) is 4.60. The molecule has 2 N–H and O–H groups in total. The molecule has 0 atom stereocenters. The van der Waals surface area contributed by atoms with E-state index >= 15 is 0 Å². The Balaban J connectivity index is 2.00. The van der Waals surface area contributed by atoms with E-state index in [9.17, 15) is 23.5 Å². The molecule has 126 valence electrons. The van der Waals surface area contributed by atoms with E-state index in [-0.39, 0.29) is 11.3 Å². The summed E-state index contributed by atoms with van der Waals surface area (Å²) in [6, 6.07) is 6.97. The molecule has 24 heavy (non-hydrogen) atoms. The number of para-hydroxylation sites is 1. The Kier molecular flexibility index (Phi) is 5.31. The van der Waals surface area contributed by atoms with Crippen LogP contribution in [0.5, 0.6) is 11.5 Å². The summed E-state index contributed by atoms with van der Waals surface area (Å²) >= 11 is 0. The molecule has 0 aliphatic heterocycles. The summed E-state index contributed by atoms with van der Waals surface area (Å²) in [5.74, 6) is -3.90. The molecule has 0 saturated heterocycles. The summed E-state index contributed by atoms with van der Waals surface area (Å²) in [6.45, 7) is -0.788. The van der Waals surface area contributed by atoms with Gasteiger partial charge in [-0.1, -0.05) is 6.07 Å². The number of methoxy groups -OCH3 is 1. The number of benzene rings is 2. The number of phenolic OH excluding ortho intramolecular Hbond substituents is 1. The molecule has 0 fully saturated rings. The Labute approximate surface area is 135 Å². The Hall–Kier alpha value is -3.16. The number of carbonyl (C=O) groups is 2. The minimum Gasteiger partial charge on any atom is -0.507 e. The van der Waals surface area contributed by atoms with Crippen molar-refractivity contribution in [2.24, 2.45) is 0 Å². The molecule has 0 saturated carbocycles. The number of hydrogen-bond acceptors (Lipinski definition) is 5. The fourth-order valence-corrected chi connectivity index (χ4v) is 1.81. The number of anilines is 1. The summed E-state index contributed by atoms with van der Waals surface area (Å²) in [5.41, 5.74) is -0.845. The van der Waals surface area contributed by atoms with E-state index in [0.717, 1.165) is 18.2 Å². The second kappa shape index (κ2) is 7.40. The minimum absolute atomic E-state index is 0.209. The molecule has 0 aromatic heterocycles. The Morgan fingerprint density at radius 3 is 2.46 bits per heavy atom. The number of halogens is 2. The molecule has 0 bridgehead atoms. The summed E-state index contributed by atoms with van der Waals surface area (Å²) < 4.78 is 36.4. The minimum atomic E-state index is -0.990. The highest BCUT2D eigenvalue weighted by Gasteiger charge is 2.17. The van der Waals surface area contributed by atoms with Crippen molar-refractivity contribution >= 4 is 17.6 Å². The number of esters is 1. The van der Waals surface area contributed by atoms with Gasteiger partial charge in [-0.15, -0.1) is 0 Å². The van der Waals surface area contributed by atoms with Crippen molar-refractivity contribution in [3.05, 3.63) is 53.6 Å². The highest BCUT2D eigenvalue weighted by molar-refractivity contribution is 5.97. The number of rotatable bonds is 5. The quantitative estimate of drug-likeness (QED) is 0.819. The van der Waals surface area contributed by atoms with Crippen molar-refractivity contribution in [3.63, 3.8) is 0 Å². The average molecular weight is 337 g/mol. The lowest BCUT2D eigenvalue weighted by atomic mass is 10.2. The number of phenols is 1. The molecule has 2 aromatic carbocycles. The average Bonchev–Trinajstić information content (AvgIpc) is 2.56. The topological polar surface area (TPSA) is 84.9 Å². The van der Waals surface area contributed by atoms with Crippen molar-refractivity contribution in [1.82, 2.24) is 0 Å². The van der Waals surface area contributed by atoms with Crippen LogP contribution in [0.3, 0.4) is 0 Å². The van der Waals surface area contributed by atoms with Gasteiger partial charge in [0.15, 0.2) is 6.61 Å². The fourth-order valence-electron chi connectivity index (χ4n) is 1.81. The first kappa shape index (κ1) is 17.2. The molecule has 6 nitrogen and oxygen atoms in total. The second-order valence-electron chi connectivity index (χ2n) is 4.60. The lowest BCUT2D eigenvalue weighted by molar-refractivity contribution is -0.119. The van der Waals surface area contributed by atoms with Crippen molar-refractivity contribution in [3.8, 4) is 11.5 Å². The van der Waals surface area contributed by atoms with Crippen LogP contribution in [0.25, 0.3) is 0 Å². The zero-order chi connectivity index (χ0) is 17.7. The van der Waals surface area contributed by atoms with Gasteiger partial charge >= 0.3 is 5.97 Å². The Morgan fingerprint density at radius 2 is 1.83 bits per heavy atom. The standard InChI is InChI=1S/C16H13F2NO5/c1-23-9-5-6-13(20)10(7-9)16(22)24-8-14(21)19-15-11(17)3-2-4-12(15)18/h2-7,20H,8H2,1H3,(H,19,21). The smallest absolute Gasteiger partial charge is 0.342 e. The molecule has 2 rings (SSSR count). The third-order valence-electron chi connectivity index (χ3n) is 2.99. The molecule has 0 aliphatic rings. The maximum atomic E-state index is 13.4. The van der Waals surface area contributed by atoms with E-state index in [1.807, 2.05) is 5.32 Å². The monoisotopic (exact) mass is 337 g/mol. The third kappa shape index (κ3) is 3.97. The number of nitrogens with one attached hydrogen (secondary N) is 1. The van der Waals surface area contributed by atoms with Crippen LogP contribution in [0, 0.1) is 11.6 Å². The number of hydrogen-bond donors (Lipinski definition) is 2. The van der Waals surface area contributed by atoms with Gasteiger partial charge in [0.1, 0.15) is 34.4 Å². The van der Waals surface area contributed by atoms with Crippen molar-refractivity contribution < 1.29 is 33.0 Å². The van der Waals surface area contributed by atoms with E-state index in [2.05, 4.69) is 0 Å². The van der Waals surface area contributed by atoms with Gasteiger partial charge < -0.3 is 19.9 Å². The van der Waals surface area contributed by atoms with Crippen LogP contribution < -0.4 is 10.1 Å². The van der Waals surface area contributed by atoms with Gasteiger partial charge in [-0.05, 0) is 30.3 Å². The number of carbonyl (C=O) groups excluding carboxylic acids is 2. The summed E-state index contributed by atoms with van der Waals surface area (Å²) in [7, 11) is 1.37. The fraction of sp³-hybridized carbons (Fsp3) is 0.125. The number of amides is 1. The number of aromatic hydroxyl groups is 1. The molecule has 0 heterocycles. The zero-order valence-electron chi connectivity index (χ0n) is 12.5. The molecule has 8 heteroatoms. The zero-order valence-corrected chi connectivity index (χ0v) is 12.5. The Bertz CT molecular complexity index is 759. The van der Waals surface area contributed by atoms with E-state index in [1.54, 1.807) is 0 Å². The highest BCUT2D eigenvalue weighted by Crippen LogP contribution is 2.23. The molecule has 0 radical (unpaired) electrons. The summed E-state index contributed by atoms with van der Waals surface area (Å²) in [6.07, 6.45) is 0. The molecular weight excluding hydrogens is 324 g/mol. The first-order valence-electron chi connectivity index (χ1n) is 6.70. The lowest BCUT2D eigenvalue weighted by Gasteiger charge is -2.09. The molecule has 2 aromatic rings. The lowest BCUT2D eigenvalue weighted by Crippen LogP contribution is -2.22. The van der Waals surface area contributed by atoms with E-state index in [4.69, 9.17) is 9.47 Å². The van der Waals surface area contributed by atoms with Crippen LogP contribution in [-0.2, 0) is 9.53 Å². The Morgan fingerprint density at radius 1 is 1.17 bits per heavy atom. The van der Waals surface area contributed by atoms with E-state index < -0.39 is 35.8 Å². The maximum Gasteiger partial charge on any atom is 0.342 e. The van der Waals surface area contributed by atoms with Gasteiger partial charge in [0, 0.05) is 0 Å². The van der Waals surface area contributed by atoms with Crippen LogP contribution in [0.1, 0.15) is 10.4 Å². The predicted octanol–water partition coefficient (Wildman–Crippen LogP) is 2.47. The first-order chi connectivity index (χ1) is 11.4. The molecule has 0 spiro atoms. The summed E-state index contributed by atoms with van der Waals surface area (Å²) in [4.78, 5) is 23.5. The summed E-state index contributed by atoms with van der Waals surface area (Å²) in [5, 5.41) is 11.6. The van der Waals surface area contributed by atoms with Crippen molar-refractivity contribution in [1.29, 1.82) is 0 Å². The van der Waals surface area contributed by atoms with E-state index in [1.165, 1.54) is 25.3 Å². The SMILES string of the molecule is COc1ccc(O)c(C(=O)OCC(=O)Nc2c(F)cccc2F)c1. The first-order valence-corrected chi connectivity index (χ1v) is 6.70. The van der Waals surface area contributed by atoms with E-state index in [0.29, 0.717) is 5.75 Å². The third-order valence-corrected chi connectivity index (χ3v) is 2.99. The van der Waals surface area contributed by atoms with Gasteiger partial charge in [0.2, 0.25) is 0 Å². The van der Waals surface area contributed by atoms with Crippen LogP contribution in [0.15, 0.2) is 36.4 Å². The normalized spacial score (nSPS) is 10.1. The van der Waals surface area contributed by atoms with Gasteiger partial charge in [-0.25, -0.2) is 13.6 Å². The van der Waals surface area contributed by atoms with Crippen LogP contribution >= 0.6 is 0 Å². The predicted molar refractivity (Wildman–Crippen MR) is 79.9 cm³/mol. The van der Waals surface area contributed by atoms with Gasteiger partial charge in [-0.2, -0.15) is 0 Å². The van der Waals surface area contributed by atoms with Gasteiger partial charge in [0.05, 0.1) is 7.11 Å². The van der Waals surface area contributed by atoms with Gasteiger partial charge in [-0.3, -0.25) is 4.79 Å². The van der Waals surface area contributed by atoms with Crippen LogP contribution in [0.2, 0.25) is 0 Å². The van der Waals surface area contributed by atoms with Crippen LogP contribution in [-0.4, -0.2) is 30.7 Å². The highest BCUT2D eigenvalue weighted by atomic mass is 19.1. The molecule has 0 aliphatic carbocycles.